The van der Waals surface area contributed by atoms with E-state index in [1.807, 2.05) is 12.1 Å². The first kappa shape index (κ1) is 18.7. The van der Waals surface area contributed by atoms with Crippen molar-refractivity contribution in [3.8, 4) is 28.1 Å². The minimum Gasteiger partial charge on any atom is -0.507 e. The van der Waals surface area contributed by atoms with E-state index in [0.717, 1.165) is 36.8 Å². The molecular weight excluding hydrogens is 397 g/mol. The standard InChI is InChI=1S/C22H24FN7O/c23-18-7-14-6-16(8-19(18)27-14)30(15-2-3-15)22-24-11-20(28-29-22)17-4-1-12(5-21(17)31)13-9-25-26-10-13/h1,4-5,9-11,14-16,18-19,27,31H,2-3,6-8H2,(H,25,26)/t14-,16-,18-,19-/m1/s1. The largest absolute Gasteiger partial charge is 0.507 e. The van der Waals surface area contributed by atoms with Crippen LogP contribution in [0.4, 0.5) is 10.3 Å². The second-order valence-electron chi connectivity index (χ2n) is 8.85. The average molecular weight is 421 g/mol. The van der Waals surface area contributed by atoms with Gasteiger partial charge >= 0.3 is 0 Å². The zero-order valence-corrected chi connectivity index (χ0v) is 16.9. The zero-order chi connectivity index (χ0) is 20.9. The van der Waals surface area contributed by atoms with Crippen molar-refractivity contribution in [2.75, 3.05) is 4.90 Å². The Morgan fingerprint density at radius 3 is 2.61 bits per heavy atom. The Morgan fingerprint density at radius 2 is 1.94 bits per heavy atom. The Labute approximate surface area is 178 Å². The third-order valence-electron chi connectivity index (χ3n) is 6.70. The fourth-order valence-electron chi connectivity index (χ4n) is 5.06. The highest BCUT2D eigenvalue weighted by Crippen LogP contribution is 2.39. The molecule has 3 fully saturated rings. The van der Waals surface area contributed by atoms with Crippen LogP contribution in [-0.4, -0.2) is 60.8 Å². The molecule has 4 atom stereocenters. The number of nitrogens with one attached hydrogen (secondary N) is 2. The number of hydrogen-bond acceptors (Lipinski definition) is 7. The fourth-order valence-corrected chi connectivity index (χ4v) is 5.06. The molecule has 0 amide bonds. The van der Waals surface area contributed by atoms with E-state index >= 15 is 0 Å². The molecule has 160 valence electrons. The second kappa shape index (κ2) is 7.26. The molecule has 1 aromatic carbocycles. The van der Waals surface area contributed by atoms with E-state index in [0.29, 0.717) is 29.7 Å². The van der Waals surface area contributed by atoms with E-state index in [2.05, 4.69) is 35.6 Å². The molecule has 8 nitrogen and oxygen atoms in total. The first-order valence-corrected chi connectivity index (χ1v) is 10.9. The number of hydrogen-bond donors (Lipinski definition) is 3. The van der Waals surface area contributed by atoms with Gasteiger partial charge < -0.3 is 15.3 Å². The summed E-state index contributed by atoms with van der Waals surface area (Å²) >= 11 is 0. The molecule has 3 N–H and O–H groups in total. The van der Waals surface area contributed by atoms with Crippen molar-refractivity contribution in [3.63, 3.8) is 0 Å². The summed E-state index contributed by atoms with van der Waals surface area (Å²) < 4.78 is 14.2. The highest BCUT2D eigenvalue weighted by atomic mass is 19.1. The van der Waals surface area contributed by atoms with Gasteiger partial charge in [-0.15, -0.1) is 10.2 Å². The molecule has 1 aliphatic carbocycles. The van der Waals surface area contributed by atoms with Gasteiger partial charge in [-0.2, -0.15) is 5.10 Å². The molecule has 31 heavy (non-hydrogen) atoms. The van der Waals surface area contributed by atoms with Gasteiger partial charge in [0.1, 0.15) is 17.6 Å². The molecule has 3 aliphatic rings. The Hall–Kier alpha value is -3.07. The van der Waals surface area contributed by atoms with Gasteiger partial charge in [0.2, 0.25) is 5.95 Å². The summed E-state index contributed by atoms with van der Waals surface area (Å²) in [5.41, 5.74) is 2.86. The SMILES string of the molecule is Oc1cc(-c2cn[nH]c2)ccc1-c1cnc(N(C2CC2)[C@@H]2C[C@@H]3C[C@@H](F)[C@@H](C2)N3)nn1. The van der Waals surface area contributed by atoms with Crippen molar-refractivity contribution in [1.29, 1.82) is 0 Å². The van der Waals surface area contributed by atoms with Crippen LogP contribution in [-0.2, 0) is 0 Å². The molecule has 0 unspecified atom stereocenters. The summed E-state index contributed by atoms with van der Waals surface area (Å²) in [7, 11) is 0. The molecule has 2 aliphatic heterocycles. The first-order valence-electron chi connectivity index (χ1n) is 10.9. The van der Waals surface area contributed by atoms with E-state index < -0.39 is 6.17 Å². The van der Waals surface area contributed by atoms with Crippen LogP contribution in [0.15, 0.2) is 36.8 Å². The Bertz CT molecular complexity index is 1070. The lowest BCUT2D eigenvalue weighted by molar-refractivity contribution is 0.271. The van der Waals surface area contributed by atoms with Gasteiger partial charge in [0.15, 0.2) is 0 Å². The van der Waals surface area contributed by atoms with Crippen LogP contribution in [0.3, 0.4) is 0 Å². The highest BCUT2D eigenvalue weighted by molar-refractivity contribution is 5.73. The van der Waals surface area contributed by atoms with Crippen LogP contribution >= 0.6 is 0 Å². The number of phenolic OH excluding ortho intramolecular Hbond substituents is 1. The Morgan fingerprint density at radius 1 is 1.03 bits per heavy atom. The number of alkyl halides is 1. The molecule has 0 spiro atoms. The molecule has 2 aromatic heterocycles. The summed E-state index contributed by atoms with van der Waals surface area (Å²) in [5.74, 6) is 0.716. The normalized spacial score (nSPS) is 27.4. The second-order valence-corrected chi connectivity index (χ2v) is 8.85. The average Bonchev–Trinajstić information content (AvgIpc) is 3.37. The van der Waals surface area contributed by atoms with Crippen molar-refractivity contribution in [2.24, 2.45) is 0 Å². The predicted octanol–water partition coefficient (Wildman–Crippen LogP) is 2.83. The molecule has 2 bridgehead atoms. The third kappa shape index (κ3) is 3.42. The topological polar surface area (TPSA) is 103 Å². The summed E-state index contributed by atoms with van der Waals surface area (Å²) in [4.78, 5) is 6.87. The van der Waals surface area contributed by atoms with Crippen LogP contribution in [0.25, 0.3) is 22.4 Å². The van der Waals surface area contributed by atoms with Crippen molar-refractivity contribution in [1.82, 2.24) is 30.7 Å². The van der Waals surface area contributed by atoms with E-state index in [4.69, 9.17) is 0 Å². The molecule has 2 saturated heterocycles. The number of halogens is 1. The molecule has 0 radical (unpaired) electrons. The number of anilines is 1. The summed E-state index contributed by atoms with van der Waals surface area (Å²) in [5, 5.41) is 29.4. The van der Waals surface area contributed by atoms with Crippen molar-refractivity contribution >= 4 is 5.95 Å². The number of phenols is 1. The van der Waals surface area contributed by atoms with Gasteiger partial charge in [0.25, 0.3) is 0 Å². The number of aromatic hydroxyl groups is 1. The number of fused-ring (bicyclic) bond motifs is 2. The number of piperidine rings is 1. The Balaban J connectivity index is 1.25. The summed E-state index contributed by atoms with van der Waals surface area (Å²) in [6.45, 7) is 0. The highest BCUT2D eigenvalue weighted by Gasteiger charge is 2.46. The molecule has 9 heteroatoms. The summed E-state index contributed by atoms with van der Waals surface area (Å²) in [6, 6.07) is 6.22. The number of rotatable bonds is 5. The maximum Gasteiger partial charge on any atom is 0.245 e. The third-order valence-corrected chi connectivity index (χ3v) is 6.70. The quantitative estimate of drug-likeness (QED) is 0.582. The van der Waals surface area contributed by atoms with E-state index in [9.17, 15) is 9.50 Å². The van der Waals surface area contributed by atoms with E-state index in [1.54, 1.807) is 24.7 Å². The van der Waals surface area contributed by atoms with Gasteiger partial charge in [-0.3, -0.25) is 5.10 Å². The molecular formula is C22H24FN7O. The van der Waals surface area contributed by atoms with Crippen LogP contribution in [0, 0.1) is 0 Å². The van der Waals surface area contributed by atoms with Crippen molar-refractivity contribution in [3.05, 3.63) is 36.8 Å². The van der Waals surface area contributed by atoms with Gasteiger partial charge in [0.05, 0.1) is 12.4 Å². The maximum absolute atomic E-state index is 14.2. The predicted molar refractivity (Wildman–Crippen MR) is 113 cm³/mol. The van der Waals surface area contributed by atoms with E-state index in [1.165, 1.54) is 0 Å². The first-order chi connectivity index (χ1) is 15.2. The lowest BCUT2D eigenvalue weighted by Crippen LogP contribution is -2.50. The Kier molecular flexibility index (Phi) is 4.38. The van der Waals surface area contributed by atoms with Gasteiger partial charge in [-0.1, -0.05) is 6.07 Å². The van der Waals surface area contributed by atoms with Crippen molar-refractivity contribution in [2.45, 2.75) is 62.4 Å². The number of aromatic nitrogens is 5. The molecule has 3 aromatic rings. The van der Waals surface area contributed by atoms with Crippen LogP contribution in [0.1, 0.15) is 32.1 Å². The lowest BCUT2D eigenvalue weighted by atomic mass is 9.98. The van der Waals surface area contributed by atoms with Gasteiger partial charge in [0, 0.05) is 41.5 Å². The van der Waals surface area contributed by atoms with Crippen molar-refractivity contribution < 1.29 is 9.50 Å². The van der Waals surface area contributed by atoms with E-state index in [-0.39, 0.29) is 23.9 Å². The zero-order valence-electron chi connectivity index (χ0n) is 16.9. The van der Waals surface area contributed by atoms with Crippen LogP contribution < -0.4 is 10.2 Å². The smallest absolute Gasteiger partial charge is 0.245 e. The minimum atomic E-state index is -0.759. The number of H-pyrrole nitrogens is 1. The monoisotopic (exact) mass is 421 g/mol. The number of aromatic amines is 1. The van der Waals surface area contributed by atoms with Gasteiger partial charge in [-0.25, -0.2) is 9.37 Å². The summed E-state index contributed by atoms with van der Waals surface area (Å²) in [6.07, 6.45) is 8.89. The lowest BCUT2D eigenvalue weighted by Gasteiger charge is -2.37. The maximum atomic E-state index is 14.2. The van der Waals surface area contributed by atoms with Crippen LogP contribution in [0.2, 0.25) is 0 Å². The molecule has 4 heterocycles. The molecule has 6 rings (SSSR count). The minimum absolute atomic E-state index is 0.0667. The van der Waals surface area contributed by atoms with Gasteiger partial charge in [-0.05, 0) is 49.8 Å². The number of nitrogens with zero attached hydrogens (tertiary/aromatic N) is 5. The number of benzene rings is 1. The fraction of sp³-hybridized carbons (Fsp3) is 0.455. The van der Waals surface area contributed by atoms with Crippen LogP contribution in [0.5, 0.6) is 5.75 Å². The molecule has 1 saturated carbocycles.